The number of aromatic amines is 1. The first-order valence-electron chi connectivity index (χ1n) is 6.47. The molecule has 2 heterocycles. The number of nitrogens with zero attached hydrogens (tertiary/aromatic N) is 3. The van der Waals surface area contributed by atoms with E-state index in [0.717, 1.165) is 10.1 Å². The summed E-state index contributed by atoms with van der Waals surface area (Å²) in [4.78, 5) is 31.1. The van der Waals surface area contributed by atoms with Crippen molar-refractivity contribution in [3.63, 3.8) is 0 Å². The van der Waals surface area contributed by atoms with Crippen molar-refractivity contribution in [3.8, 4) is 0 Å². The van der Waals surface area contributed by atoms with E-state index in [9.17, 15) is 9.59 Å². The maximum Gasteiger partial charge on any atom is 0.332 e. The van der Waals surface area contributed by atoms with Gasteiger partial charge in [-0.05, 0) is 11.6 Å². The molecule has 0 aliphatic heterocycles. The lowest BCUT2D eigenvalue weighted by Crippen LogP contribution is -2.36. The van der Waals surface area contributed by atoms with Gasteiger partial charge in [0.1, 0.15) is 11.3 Å². The van der Waals surface area contributed by atoms with Crippen LogP contribution in [0.5, 0.6) is 0 Å². The van der Waals surface area contributed by atoms with Gasteiger partial charge < -0.3 is 4.98 Å². The molecular weight excluding hydrogens is 268 g/mol. The van der Waals surface area contributed by atoms with Crippen LogP contribution in [0.4, 0.5) is 0 Å². The quantitative estimate of drug-likeness (QED) is 0.766. The number of nitrogens with one attached hydrogen (secondary N) is 1. The van der Waals surface area contributed by atoms with Gasteiger partial charge in [0.05, 0.1) is 0 Å². The lowest BCUT2D eigenvalue weighted by atomic mass is 10.2. The van der Waals surface area contributed by atoms with E-state index in [1.54, 1.807) is 13.1 Å². The Labute approximate surface area is 120 Å². The predicted molar refractivity (Wildman–Crippen MR) is 81.9 cm³/mol. The number of hydrogen-bond acceptors (Lipinski definition) is 3. The second-order valence-electron chi connectivity index (χ2n) is 4.77. The fourth-order valence-electron chi connectivity index (χ4n) is 2.16. The lowest BCUT2D eigenvalue weighted by Gasteiger charge is -2.00. The van der Waals surface area contributed by atoms with Gasteiger partial charge in [-0.2, -0.15) is 0 Å². The summed E-state index contributed by atoms with van der Waals surface area (Å²) in [6.45, 7) is 0. The Bertz CT molecular complexity index is 945. The van der Waals surface area contributed by atoms with Crippen LogP contribution in [0.25, 0.3) is 23.3 Å². The smallest absolute Gasteiger partial charge is 0.332 e. The zero-order chi connectivity index (χ0) is 15.0. The Morgan fingerprint density at radius 1 is 1.05 bits per heavy atom. The summed E-state index contributed by atoms with van der Waals surface area (Å²) in [5.41, 5.74) is 0.945. The Morgan fingerprint density at radius 2 is 1.76 bits per heavy atom. The van der Waals surface area contributed by atoms with Crippen LogP contribution in [0, 0.1) is 0 Å². The second kappa shape index (κ2) is 4.90. The standard InChI is InChI=1S/C15H14N4O2/c1-18-13-12(14(20)19(2)15(18)21)16-11(17-13)9-8-10-6-4-3-5-7-10/h3-9H,1-2H3,(H,16,17)/b9-8-. The Morgan fingerprint density at radius 3 is 2.48 bits per heavy atom. The first-order valence-corrected chi connectivity index (χ1v) is 6.47. The summed E-state index contributed by atoms with van der Waals surface area (Å²) >= 11 is 0. The molecule has 0 saturated carbocycles. The van der Waals surface area contributed by atoms with Crippen molar-refractivity contribution < 1.29 is 0 Å². The molecule has 0 spiro atoms. The van der Waals surface area contributed by atoms with Crippen molar-refractivity contribution in [2.45, 2.75) is 0 Å². The first kappa shape index (κ1) is 13.1. The minimum atomic E-state index is -0.391. The normalized spacial score (nSPS) is 11.5. The van der Waals surface area contributed by atoms with E-state index in [1.807, 2.05) is 36.4 Å². The van der Waals surface area contributed by atoms with Gasteiger partial charge in [0, 0.05) is 14.1 Å². The number of aromatic nitrogens is 4. The third kappa shape index (κ3) is 2.20. The van der Waals surface area contributed by atoms with Crippen LogP contribution >= 0.6 is 0 Å². The first-order chi connectivity index (χ1) is 10.1. The zero-order valence-corrected chi connectivity index (χ0v) is 11.7. The molecule has 6 heteroatoms. The molecule has 2 aromatic heterocycles. The molecule has 0 atom stereocenters. The van der Waals surface area contributed by atoms with Crippen LogP contribution in [0.3, 0.4) is 0 Å². The zero-order valence-electron chi connectivity index (χ0n) is 11.7. The molecule has 0 aliphatic rings. The van der Waals surface area contributed by atoms with Crippen LogP contribution in [0.2, 0.25) is 0 Å². The molecule has 0 aliphatic carbocycles. The number of H-pyrrole nitrogens is 1. The molecule has 1 N–H and O–H groups in total. The van der Waals surface area contributed by atoms with E-state index >= 15 is 0 Å². The van der Waals surface area contributed by atoms with Gasteiger partial charge in [-0.25, -0.2) is 9.78 Å². The Balaban J connectivity index is 2.13. The van der Waals surface area contributed by atoms with E-state index < -0.39 is 5.69 Å². The largest absolute Gasteiger partial charge is 0.333 e. The Hall–Kier alpha value is -2.89. The highest BCUT2D eigenvalue weighted by molar-refractivity contribution is 5.75. The molecule has 106 valence electrons. The summed E-state index contributed by atoms with van der Waals surface area (Å²) in [6.07, 6.45) is 3.67. The molecule has 0 fully saturated rings. The van der Waals surface area contributed by atoms with E-state index in [-0.39, 0.29) is 5.56 Å². The molecular formula is C15H14N4O2. The van der Waals surface area contributed by atoms with Gasteiger partial charge in [0.15, 0.2) is 5.65 Å². The monoisotopic (exact) mass is 282 g/mol. The van der Waals surface area contributed by atoms with Crippen LogP contribution in [0.1, 0.15) is 11.4 Å². The second-order valence-corrected chi connectivity index (χ2v) is 4.77. The summed E-state index contributed by atoms with van der Waals surface area (Å²) in [5.74, 6) is 0.534. The molecule has 0 amide bonds. The maximum atomic E-state index is 12.0. The van der Waals surface area contributed by atoms with Crippen molar-refractivity contribution in [3.05, 3.63) is 62.6 Å². The van der Waals surface area contributed by atoms with E-state index in [4.69, 9.17) is 0 Å². The molecule has 0 bridgehead atoms. The average molecular weight is 282 g/mol. The van der Waals surface area contributed by atoms with Crippen LogP contribution < -0.4 is 11.2 Å². The Kier molecular flexibility index (Phi) is 3.06. The highest BCUT2D eigenvalue weighted by Gasteiger charge is 2.11. The van der Waals surface area contributed by atoms with Crippen molar-refractivity contribution in [1.82, 2.24) is 19.1 Å². The number of hydrogen-bond donors (Lipinski definition) is 1. The molecule has 3 rings (SSSR count). The van der Waals surface area contributed by atoms with Crippen molar-refractivity contribution >= 4 is 23.3 Å². The molecule has 21 heavy (non-hydrogen) atoms. The van der Waals surface area contributed by atoms with Gasteiger partial charge in [-0.1, -0.05) is 36.4 Å². The third-order valence-corrected chi connectivity index (χ3v) is 3.35. The molecule has 0 radical (unpaired) electrons. The van der Waals surface area contributed by atoms with E-state index in [1.165, 1.54) is 11.6 Å². The third-order valence-electron chi connectivity index (χ3n) is 3.35. The molecule has 3 aromatic rings. The van der Waals surface area contributed by atoms with Crippen molar-refractivity contribution in [2.75, 3.05) is 0 Å². The predicted octanol–water partition coefficient (Wildman–Crippen LogP) is 1.13. The topological polar surface area (TPSA) is 72.7 Å². The summed E-state index contributed by atoms with van der Waals surface area (Å²) in [6, 6.07) is 9.76. The number of aryl methyl sites for hydroxylation is 1. The lowest BCUT2D eigenvalue weighted by molar-refractivity contribution is 0.709. The molecule has 0 unspecified atom stereocenters. The van der Waals surface area contributed by atoms with Gasteiger partial charge >= 0.3 is 5.69 Å². The van der Waals surface area contributed by atoms with Gasteiger partial charge in [-0.15, -0.1) is 0 Å². The number of rotatable bonds is 2. The van der Waals surface area contributed by atoms with E-state index in [2.05, 4.69) is 9.97 Å². The van der Waals surface area contributed by atoms with Gasteiger partial charge in [-0.3, -0.25) is 13.9 Å². The van der Waals surface area contributed by atoms with Crippen molar-refractivity contribution in [1.29, 1.82) is 0 Å². The fourth-order valence-corrected chi connectivity index (χ4v) is 2.16. The number of fused-ring (bicyclic) bond motifs is 1. The summed E-state index contributed by atoms with van der Waals surface area (Å²) in [7, 11) is 3.04. The number of imidazole rings is 1. The molecule has 6 nitrogen and oxygen atoms in total. The van der Waals surface area contributed by atoms with Gasteiger partial charge in [0.2, 0.25) is 0 Å². The summed E-state index contributed by atoms with van der Waals surface area (Å²) in [5, 5.41) is 0. The van der Waals surface area contributed by atoms with Crippen LogP contribution in [-0.2, 0) is 14.1 Å². The van der Waals surface area contributed by atoms with E-state index in [0.29, 0.717) is 17.0 Å². The molecule has 1 aromatic carbocycles. The van der Waals surface area contributed by atoms with Crippen LogP contribution in [0.15, 0.2) is 39.9 Å². The highest BCUT2D eigenvalue weighted by Crippen LogP contribution is 2.08. The van der Waals surface area contributed by atoms with Crippen LogP contribution in [-0.4, -0.2) is 19.1 Å². The highest BCUT2D eigenvalue weighted by atomic mass is 16.2. The SMILES string of the molecule is Cn1c(=O)c2[nH]c(/C=C\c3ccccc3)nc2n(C)c1=O. The minimum absolute atomic E-state index is 0.326. The average Bonchev–Trinajstić information content (AvgIpc) is 2.94. The number of benzene rings is 1. The summed E-state index contributed by atoms with van der Waals surface area (Å²) < 4.78 is 2.41. The molecule has 0 saturated heterocycles. The van der Waals surface area contributed by atoms with Crippen molar-refractivity contribution in [2.24, 2.45) is 14.1 Å². The maximum absolute atomic E-state index is 12.0. The fraction of sp³-hybridized carbons (Fsp3) is 0.133. The van der Waals surface area contributed by atoms with Gasteiger partial charge in [0.25, 0.3) is 5.56 Å². The minimum Gasteiger partial charge on any atom is -0.333 e.